The summed E-state index contributed by atoms with van der Waals surface area (Å²) >= 11 is 0. The van der Waals surface area contributed by atoms with Gasteiger partial charge in [-0.25, -0.2) is 15.0 Å². The minimum absolute atomic E-state index is 0.408. The third kappa shape index (κ3) is 2.40. The summed E-state index contributed by atoms with van der Waals surface area (Å²) in [5.74, 6) is 1.18. The second-order valence-corrected chi connectivity index (χ2v) is 4.51. The van der Waals surface area contributed by atoms with Crippen LogP contribution in [0.15, 0.2) is 43.0 Å². The van der Waals surface area contributed by atoms with Crippen molar-refractivity contribution in [2.24, 2.45) is 0 Å². The standard InChI is InChI=1S/C14H15N5/c1-10(11-5-3-2-4-6-11)7-15-13-12-14(17-8-16-12)19-9-18-13/h2-6,8-10H,7H2,1H3,(H2,15,16,17,18,19). The fourth-order valence-electron chi connectivity index (χ4n) is 2.04. The van der Waals surface area contributed by atoms with Gasteiger partial charge in [-0.2, -0.15) is 0 Å². The van der Waals surface area contributed by atoms with Gasteiger partial charge in [-0.3, -0.25) is 0 Å². The van der Waals surface area contributed by atoms with E-state index in [0.29, 0.717) is 5.92 Å². The van der Waals surface area contributed by atoms with E-state index in [4.69, 9.17) is 0 Å². The lowest BCUT2D eigenvalue weighted by Gasteiger charge is -2.13. The number of H-pyrrole nitrogens is 1. The number of rotatable bonds is 4. The summed E-state index contributed by atoms with van der Waals surface area (Å²) in [6.07, 6.45) is 3.17. The first kappa shape index (κ1) is 11.6. The molecule has 0 bridgehead atoms. The molecule has 0 aliphatic carbocycles. The Bertz CT molecular complexity index is 662. The molecule has 3 aromatic rings. The van der Waals surface area contributed by atoms with Crippen LogP contribution in [0.1, 0.15) is 18.4 Å². The maximum Gasteiger partial charge on any atom is 0.162 e. The van der Waals surface area contributed by atoms with Gasteiger partial charge in [0.1, 0.15) is 11.8 Å². The van der Waals surface area contributed by atoms with Crippen LogP contribution in [-0.4, -0.2) is 26.5 Å². The highest BCUT2D eigenvalue weighted by molar-refractivity contribution is 5.81. The van der Waals surface area contributed by atoms with Crippen LogP contribution in [0.25, 0.3) is 11.2 Å². The topological polar surface area (TPSA) is 66.5 Å². The lowest BCUT2D eigenvalue weighted by Crippen LogP contribution is -2.11. The summed E-state index contributed by atoms with van der Waals surface area (Å²) in [6, 6.07) is 10.4. The molecule has 5 heteroatoms. The van der Waals surface area contributed by atoms with Crippen molar-refractivity contribution in [3.8, 4) is 0 Å². The third-order valence-corrected chi connectivity index (χ3v) is 3.16. The molecule has 0 saturated carbocycles. The van der Waals surface area contributed by atoms with Crippen LogP contribution in [0.3, 0.4) is 0 Å². The highest BCUT2D eigenvalue weighted by atomic mass is 15.1. The molecule has 2 aromatic heterocycles. The third-order valence-electron chi connectivity index (χ3n) is 3.16. The minimum atomic E-state index is 0.408. The van der Waals surface area contributed by atoms with E-state index in [-0.39, 0.29) is 0 Å². The van der Waals surface area contributed by atoms with Crippen LogP contribution in [0.4, 0.5) is 5.82 Å². The Balaban J connectivity index is 1.74. The van der Waals surface area contributed by atoms with Gasteiger partial charge < -0.3 is 10.3 Å². The molecule has 1 atom stereocenters. The molecule has 2 N–H and O–H groups in total. The summed E-state index contributed by atoms with van der Waals surface area (Å²) in [6.45, 7) is 2.99. The number of nitrogens with one attached hydrogen (secondary N) is 2. The van der Waals surface area contributed by atoms with Gasteiger partial charge in [0.25, 0.3) is 0 Å². The van der Waals surface area contributed by atoms with Crippen LogP contribution < -0.4 is 5.32 Å². The number of fused-ring (bicyclic) bond motifs is 1. The summed E-state index contributed by atoms with van der Waals surface area (Å²) in [5.41, 5.74) is 2.84. The smallest absolute Gasteiger partial charge is 0.162 e. The molecular weight excluding hydrogens is 238 g/mol. The van der Waals surface area contributed by atoms with Crippen LogP contribution in [-0.2, 0) is 0 Å². The van der Waals surface area contributed by atoms with E-state index >= 15 is 0 Å². The van der Waals surface area contributed by atoms with Crippen LogP contribution >= 0.6 is 0 Å². The normalized spacial score (nSPS) is 12.5. The molecule has 1 aromatic carbocycles. The van der Waals surface area contributed by atoms with E-state index in [0.717, 1.165) is 23.5 Å². The summed E-state index contributed by atoms with van der Waals surface area (Å²) in [4.78, 5) is 15.6. The van der Waals surface area contributed by atoms with E-state index in [9.17, 15) is 0 Å². The number of anilines is 1. The molecule has 0 radical (unpaired) electrons. The largest absolute Gasteiger partial charge is 0.368 e. The van der Waals surface area contributed by atoms with Crippen molar-refractivity contribution in [2.45, 2.75) is 12.8 Å². The van der Waals surface area contributed by atoms with Crippen molar-refractivity contribution in [3.05, 3.63) is 48.5 Å². The summed E-state index contributed by atoms with van der Waals surface area (Å²) in [5, 5.41) is 3.34. The minimum Gasteiger partial charge on any atom is -0.368 e. The fraction of sp³-hybridized carbons (Fsp3) is 0.214. The number of imidazole rings is 1. The van der Waals surface area contributed by atoms with E-state index < -0.39 is 0 Å². The highest BCUT2D eigenvalue weighted by Gasteiger charge is 2.08. The number of benzene rings is 1. The maximum absolute atomic E-state index is 4.24. The monoisotopic (exact) mass is 253 g/mol. The highest BCUT2D eigenvalue weighted by Crippen LogP contribution is 2.18. The first-order valence-corrected chi connectivity index (χ1v) is 6.27. The van der Waals surface area contributed by atoms with Gasteiger partial charge in [0.05, 0.1) is 6.33 Å². The first-order valence-electron chi connectivity index (χ1n) is 6.27. The Kier molecular flexibility index (Phi) is 3.10. The van der Waals surface area contributed by atoms with Gasteiger partial charge in [-0.1, -0.05) is 37.3 Å². The predicted molar refractivity (Wildman–Crippen MR) is 75.0 cm³/mol. The molecule has 5 nitrogen and oxygen atoms in total. The van der Waals surface area contributed by atoms with Crippen LogP contribution in [0, 0.1) is 0 Å². The van der Waals surface area contributed by atoms with E-state index in [1.807, 2.05) is 6.07 Å². The lowest BCUT2D eigenvalue weighted by molar-refractivity contribution is 0.802. The number of aromatic nitrogens is 4. The maximum atomic E-state index is 4.24. The molecule has 2 heterocycles. The Morgan fingerprint density at radius 1 is 1.16 bits per heavy atom. The van der Waals surface area contributed by atoms with Crippen molar-refractivity contribution < 1.29 is 0 Å². The van der Waals surface area contributed by atoms with Crippen LogP contribution in [0.2, 0.25) is 0 Å². The van der Waals surface area contributed by atoms with E-state index in [2.05, 4.69) is 56.4 Å². The molecule has 0 aliphatic rings. The molecule has 0 amide bonds. The fourth-order valence-corrected chi connectivity index (χ4v) is 2.04. The molecule has 0 fully saturated rings. The molecule has 0 aliphatic heterocycles. The van der Waals surface area contributed by atoms with Crippen molar-refractivity contribution in [2.75, 3.05) is 11.9 Å². The molecule has 1 unspecified atom stereocenters. The van der Waals surface area contributed by atoms with Gasteiger partial charge in [-0.05, 0) is 11.5 Å². The van der Waals surface area contributed by atoms with Crippen molar-refractivity contribution in [1.82, 2.24) is 19.9 Å². The Morgan fingerprint density at radius 3 is 2.84 bits per heavy atom. The van der Waals surface area contributed by atoms with Crippen LogP contribution in [0.5, 0.6) is 0 Å². The molecule has 0 saturated heterocycles. The average Bonchev–Trinajstić information content (AvgIpc) is 2.94. The average molecular weight is 253 g/mol. The molecular formula is C14H15N5. The summed E-state index contributed by atoms with van der Waals surface area (Å²) in [7, 11) is 0. The van der Waals surface area contributed by atoms with Crippen molar-refractivity contribution in [3.63, 3.8) is 0 Å². The second-order valence-electron chi connectivity index (χ2n) is 4.51. The Labute approximate surface area is 111 Å². The van der Waals surface area contributed by atoms with Gasteiger partial charge >= 0.3 is 0 Å². The van der Waals surface area contributed by atoms with Crippen molar-refractivity contribution in [1.29, 1.82) is 0 Å². The quantitative estimate of drug-likeness (QED) is 0.750. The number of aromatic amines is 1. The lowest BCUT2D eigenvalue weighted by atomic mass is 10.0. The SMILES string of the molecule is CC(CNc1ncnc2[nH]cnc12)c1ccccc1. The number of hydrogen-bond acceptors (Lipinski definition) is 4. The van der Waals surface area contributed by atoms with E-state index in [1.165, 1.54) is 11.9 Å². The second kappa shape index (κ2) is 5.06. The van der Waals surface area contributed by atoms with Crippen molar-refractivity contribution >= 4 is 17.0 Å². The van der Waals surface area contributed by atoms with Gasteiger partial charge in [0.15, 0.2) is 11.5 Å². The zero-order chi connectivity index (χ0) is 13.1. The van der Waals surface area contributed by atoms with Gasteiger partial charge in [0, 0.05) is 6.54 Å². The number of nitrogens with zero attached hydrogens (tertiary/aromatic N) is 3. The molecule has 96 valence electrons. The van der Waals surface area contributed by atoms with Gasteiger partial charge in [0.2, 0.25) is 0 Å². The molecule has 0 spiro atoms. The molecule has 3 rings (SSSR count). The summed E-state index contributed by atoms with van der Waals surface area (Å²) < 4.78 is 0. The predicted octanol–water partition coefficient (Wildman–Crippen LogP) is 2.57. The van der Waals surface area contributed by atoms with E-state index in [1.54, 1.807) is 6.33 Å². The van der Waals surface area contributed by atoms with Gasteiger partial charge in [-0.15, -0.1) is 0 Å². The first-order chi connectivity index (χ1) is 9.34. The number of hydrogen-bond donors (Lipinski definition) is 2. The Morgan fingerprint density at radius 2 is 2.00 bits per heavy atom. The zero-order valence-electron chi connectivity index (χ0n) is 10.7. The Hall–Kier alpha value is -2.43. The zero-order valence-corrected chi connectivity index (χ0v) is 10.7. The molecule has 19 heavy (non-hydrogen) atoms.